The number of fused-ring (bicyclic) bond motifs is 2. The summed E-state index contributed by atoms with van der Waals surface area (Å²) in [5.74, 6) is 0.115. The number of urea groups is 1. The van der Waals surface area contributed by atoms with Crippen LogP contribution < -0.4 is 15.0 Å². The molecular formula is C25H24N6O4. The molecule has 0 bridgehead atoms. The van der Waals surface area contributed by atoms with Crippen LogP contribution in [-0.2, 0) is 19.7 Å². The quantitative estimate of drug-likeness (QED) is 0.372. The molecule has 35 heavy (non-hydrogen) atoms. The first-order chi connectivity index (χ1) is 16.8. The van der Waals surface area contributed by atoms with Gasteiger partial charge in [0.25, 0.3) is 6.01 Å². The van der Waals surface area contributed by atoms with E-state index in [9.17, 15) is 14.7 Å². The Morgan fingerprint density at radius 1 is 1.17 bits per heavy atom. The zero-order valence-corrected chi connectivity index (χ0v) is 19.3. The van der Waals surface area contributed by atoms with Gasteiger partial charge in [-0.15, -0.1) is 0 Å². The van der Waals surface area contributed by atoms with E-state index in [0.717, 1.165) is 16.8 Å². The Balaban J connectivity index is 1.43. The van der Waals surface area contributed by atoms with Gasteiger partial charge in [0.05, 0.1) is 28.8 Å². The van der Waals surface area contributed by atoms with Crippen LogP contribution in [0.15, 0.2) is 49.0 Å². The van der Waals surface area contributed by atoms with Crippen LogP contribution >= 0.6 is 0 Å². The van der Waals surface area contributed by atoms with Crippen LogP contribution in [0.4, 0.5) is 10.6 Å². The number of nitrogens with one attached hydrogen (secondary N) is 2. The average Bonchev–Trinajstić information content (AvgIpc) is 3.42. The zero-order chi connectivity index (χ0) is 24.7. The molecule has 10 heteroatoms. The van der Waals surface area contributed by atoms with Gasteiger partial charge in [0.15, 0.2) is 5.82 Å². The number of benzene rings is 2. The molecule has 0 saturated carbocycles. The highest BCUT2D eigenvalue weighted by Gasteiger charge is 2.32. The van der Waals surface area contributed by atoms with Gasteiger partial charge in [0, 0.05) is 6.54 Å². The predicted molar refractivity (Wildman–Crippen MR) is 130 cm³/mol. The minimum Gasteiger partial charge on any atom is -0.478 e. The summed E-state index contributed by atoms with van der Waals surface area (Å²) in [6.07, 6.45) is 0. The van der Waals surface area contributed by atoms with Crippen LogP contribution in [0.2, 0.25) is 0 Å². The third kappa shape index (κ3) is 4.10. The number of hydrogen-bond donors (Lipinski definition) is 3. The van der Waals surface area contributed by atoms with Gasteiger partial charge >= 0.3 is 12.0 Å². The van der Waals surface area contributed by atoms with Gasteiger partial charge in [-0.25, -0.2) is 14.6 Å². The molecule has 3 N–H and O–H groups in total. The van der Waals surface area contributed by atoms with Crippen LogP contribution in [-0.4, -0.2) is 36.6 Å². The number of carboxylic acid groups (broad SMARTS) is 1. The fourth-order valence-corrected chi connectivity index (χ4v) is 4.12. The van der Waals surface area contributed by atoms with E-state index in [-0.39, 0.29) is 24.2 Å². The number of aromatic carboxylic acids is 1. The summed E-state index contributed by atoms with van der Waals surface area (Å²) in [4.78, 5) is 37.7. The molecule has 0 radical (unpaired) electrons. The number of amides is 2. The van der Waals surface area contributed by atoms with Crippen molar-refractivity contribution in [3.8, 4) is 6.01 Å². The molecule has 0 atom stereocenters. The van der Waals surface area contributed by atoms with Gasteiger partial charge in [-0.1, -0.05) is 36.4 Å². The second-order valence-electron chi connectivity index (χ2n) is 8.29. The molecule has 2 aromatic heterocycles. The lowest BCUT2D eigenvalue weighted by Crippen LogP contribution is -2.43. The number of H-pyrrole nitrogens is 1. The zero-order valence-electron chi connectivity index (χ0n) is 19.3. The number of hydrogen-bond acceptors (Lipinski definition) is 5. The number of imidazole rings is 2. The number of nitrogens with zero attached hydrogens (tertiary/aromatic N) is 4. The molecule has 3 heterocycles. The summed E-state index contributed by atoms with van der Waals surface area (Å²) >= 11 is 0. The second-order valence-corrected chi connectivity index (χ2v) is 8.29. The van der Waals surface area contributed by atoms with Crippen molar-refractivity contribution in [2.75, 3.05) is 4.90 Å². The number of ether oxygens (including phenoxy) is 1. The van der Waals surface area contributed by atoms with Gasteiger partial charge in [-0.2, -0.15) is 4.98 Å². The second kappa shape index (κ2) is 8.64. The van der Waals surface area contributed by atoms with Crippen molar-refractivity contribution in [1.82, 2.24) is 24.8 Å². The van der Waals surface area contributed by atoms with E-state index in [1.165, 1.54) is 12.1 Å². The van der Waals surface area contributed by atoms with Crippen molar-refractivity contribution in [2.24, 2.45) is 0 Å². The Labute approximate surface area is 200 Å². The first-order valence-corrected chi connectivity index (χ1v) is 11.1. The van der Waals surface area contributed by atoms with Gasteiger partial charge in [0.1, 0.15) is 18.1 Å². The summed E-state index contributed by atoms with van der Waals surface area (Å²) in [6.45, 7) is 9.07. The fraction of sp³-hybridized carbons (Fsp3) is 0.200. The van der Waals surface area contributed by atoms with E-state index < -0.39 is 5.97 Å². The number of carbonyl (C=O) groups is 2. The Kier molecular flexibility index (Phi) is 5.48. The monoisotopic (exact) mass is 472 g/mol. The fourth-order valence-electron chi connectivity index (χ4n) is 4.12. The summed E-state index contributed by atoms with van der Waals surface area (Å²) in [7, 11) is 0. The topological polar surface area (TPSA) is 125 Å². The van der Waals surface area contributed by atoms with E-state index in [2.05, 4.69) is 21.9 Å². The van der Waals surface area contributed by atoms with Crippen molar-refractivity contribution in [2.45, 2.75) is 33.5 Å². The molecule has 10 nitrogen and oxygen atoms in total. The molecule has 2 aromatic carbocycles. The van der Waals surface area contributed by atoms with E-state index >= 15 is 0 Å². The van der Waals surface area contributed by atoms with E-state index in [0.29, 0.717) is 41.5 Å². The maximum Gasteiger partial charge on any atom is 0.335 e. The molecule has 1 aliphatic rings. The van der Waals surface area contributed by atoms with Gasteiger partial charge in [-0.05, 0) is 37.6 Å². The third-order valence-corrected chi connectivity index (χ3v) is 5.90. The number of anilines is 1. The molecule has 2 amide bonds. The Morgan fingerprint density at radius 3 is 2.66 bits per heavy atom. The summed E-state index contributed by atoms with van der Waals surface area (Å²) in [5.41, 5.74) is 4.65. The Bertz CT molecular complexity index is 1470. The number of carboxylic acids is 1. The summed E-state index contributed by atoms with van der Waals surface area (Å²) in [6, 6.07) is 12.6. The number of aromatic amines is 1. The van der Waals surface area contributed by atoms with E-state index in [1.807, 2.05) is 42.7 Å². The Morgan fingerprint density at radius 2 is 1.94 bits per heavy atom. The highest BCUT2D eigenvalue weighted by atomic mass is 16.5. The lowest BCUT2D eigenvalue weighted by molar-refractivity contribution is 0.0697. The molecule has 4 aromatic rings. The first kappa shape index (κ1) is 22.2. The molecule has 0 fully saturated rings. The highest BCUT2D eigenvalue weighted by molar-refractivity contribution is 6.02. The minimum atomic E-state index is -1.02. The summed E-state index contributed by atoms with van der Waals surface area (Å²) < 4.78 is 7.82. The molecular weight excluding hydrogens is 448 g/mol. The number of aromatic nitrogens is 4. The van der Waals surface area contributed by atoms with Crippen LogP contribution in [0.25, 0.3) is 16.7 Å². The normalized spacial score (nSPS) is 13.1. The average molecular weight is 473 g/mol. The standard InChI is InChI=1S/C25H24N6O4/c1-4-30-20(13-35-24-27-18-10-9-17(23(32)33)11-19(18)28-24)29-22-21(30)15(3)26-25(34)31(22)12-16-7-5-14(2)6-8-16/h5-11H,3-4,12-13H2,1-2H3,(H,26,34)(H,27,28)(H,32,33). The predicted octanol–water partition coefficient (Wildman–Crippen LogP) is 4.07. The highest BCUT2D eigenvalue weighted by Crippen LogP contribution is 2.32. The van der Waals surface area contributed by atoms with E-state index in [1.54, 1.807) is 11.0 Å². The number of rotatable bonds is 7. The van der Waals surface area contributed by atoms with Crippen LogP contribution in [0.5, 0.6) is 6.01 Å². The number of aryl methyl sites for hydroxylation is 1. The van der Waals surface area contributed by atoms with Crippen LogP contribution in [0, 0.1) is 6.92 Å². The molecule has 0 saturated heterocycles. The Hall–Kier alpha value is -4.60. The smallest absolute Gasteiger partial charge is 0.335 e. The van der Waals surface area contributed by atoms with Crippen molar-refractivity contribution in [3.63, 3.8) is 0 Å². The largest absolute Gasteiger partial charge is 0.478 e. The van der Waals surface area contributed by atoms with Crippen molar-refractivity contribution >= 4 is 34.5 Å². The maximum atomic E-state index is 12.8. The molecule has 5 rings (SSSR count). The molecule has 0 aliphatic carbocycles. The molecule has 178 valence electrons. The maximum absolute atomic E-state index is 12.8. The van der Waals surface area contributed by atoms with Crippen LogP contribution in [0.3, 0.4) is 0 Å². The van der Waals surface area contributed by atoms with Crippen molar-refractivity contribution in [3.05, 3.63) is 77.3 Å². The molecule has 0 spiro atoms. The van der Waals surface area contributed by atoms with Crippen molar-refractivity contribution in [1.29, 1.82) is 0 Å². The summed E-state index contributed by atoms with van der Waals surface area (Å²) in [5, 5.41) is 12.0. The van der Waals surface area contributed by atoms with Crippen LogP contribution in [0.1, 0.15) is 39.9 Å². The van der Waals surface area contributed by atoms with Gasteiger partial charge in [0.2, 0.25) is 0 Å². The first-order valence-electron chi connectivity index (χ1n) is 11.1. The molecule has 0 unspecified atom stereocenters. The molecule has 1 aliphatic heterocycles. The van der Waals surface area contributed by atoms with Crippen molar-refractivity contribution < 1.29 is 19.4 Å². The lowest BCUT2D eigenvalue weighted by atomic mass is 10.1. The van der Waals surface area contributed by atoms with E-state index in [4.69, 9.17) is 9.72 Å². The van der Waals surface area contributed by atoms with Gasteiger partial charge in [-0.3, -0.25) is 4.90 Å². The third-order valence-electron chi connectivity index (χ3n) is 5.90. The van der Waals surface area contributed by atoms with Gasteiger partial charge < -0.3 is 24.7 Å². The minimum absolute atomic E-state index is 0.0896. The SMILES string of the molecule is C=C1NC(=O)N(Cc2ccc(C)cc2)c2nc(COc3nc4ccc(C(=O)O)cc4[nH]3)n(CC)c21. The number of carbonyl (C=O) groups excluding carboxylic acids is 1. The lowest BCUT2D eigenvalue weighted by Gasteiger charge is -2.28.